The quantitative estimate of drug-likeness (QED) is 0.542. The Morgan fingerprint density at radius 1 is 1.53 bits per heavy atom. The molecule has 0 aromatic carbocycles. The zero-order valence-corrected chi connectivity index (χ0v) is 11.2. The molecular formula is C12H20N2O2S. The Morgan fingerprint density at radius 3 is 2.94 bits per heavy atom. The second-order valence-electron chi connectivity index (χ2n) is 3.79. The van der Waals surface area contributed by atoms with Gasteiger partial charge in [-0.3, -0.25) is 0 Å². The molecule has 0 aliphatic heterocycles. The number of aliphatic hydroxyl groups excluding tert-OH is 1. The van der Waals surface area contributed by atoms with E-state index >= 15 is 0 Å². The first-order chi connectivity index (χ1) is 8.26. The molecule has 0 saturated heterocycles. The molecule has 1 aromatic rings. The zero-order chi connectivity index (χ0) is 12.5. The number of pyridine rings is 1. The van der Waals surface area contributed by atoms with Crippen molar-refractivity contribution >= 4 is 11.8 Å². The van der Waals surface area contributed by atoms with Gasteiger partial charge >= 0.3 is 0 Å². The number of hydrogen-bond donors (Lipinski definition) is 2. The van der Waals surface area contributed by atoms with Crippen LogP contribution in [0.15, 0.2) is 23.4 Å². The number of thioether (sulfide) groups is 1. The van der Waals surface area contributed by atoms with Gasteiger partial charge in [-0.2, -0.15) is 0 Å². The molecule has 1 unspecified atom stereocenters. The summed E-state index contributed by atoms with van der Waals surface area (Å²) in [6.45, 7) is 4.51. The van der Waals surface area contributed by atoms with Crippen molar-refractivity contribution in [3.05, 3.63) is 23.9 Å². The summed E-state index contributed by atoms with van der Waals surface area (Å²) in [6, 6.07) is 4.05. The zero-order valence-electron chi connectivity index (χ0n) is 10.3. The van der Waals surface area contributed by atoms with Crippen molar-refractivity contribution in [2.45, 2.75) is 23.7 Å². The van der Waals surface area contributed by atoms with Gasteiger partial charge in [0.15, 0.2) is 0 Å². The normalized spacial score (nSPS) is 12.6. The summed E-state index contributed by atoms with van der Waals surface area (Å²) in [7, 11) is 1.69. The molecular weight excluding hydrogens is 236 g/mol. The minimum Gasteiger partial charge on any atom is -0.395 e. The first kappa shape index (κ1) is 14.4. The highest BCUT2D eigenvalue weighted by Crippen LogP contribution is 2.20. The molecule has 1 heterocycles. The minimum absolute atomic E-state index is 0.173. The standard InChI is InChI=1S/C12H20N2O2S/c1-10(9-15)17-12-4-3-11(8-14-12)7-13-5-6-16-2/h3-4,8,10,13,15H,5-7,9H2,1-2H3. The van der Waals surface area contributed by atoms with Crippen molar-refractivity contribution in [2.75, 3.05) is 26.9 Å². The van der Waals surface area contributed by atoms with E-state index in [1.165, 1.54) is 0 Å². The van der Waals surface area contributed by atoms with Crippen molar-refractivity contribution in [2.24, 2.45) is 0 Å². The second kappa shape index (κ2) is 8.47. The SMILES string of the molecule is COCCNCc1ccc(SC(C)CO)nc1. The Hall–Kier alpha value is -0.620. The molecule has 0 amide bonds. The van der Waals surface area contributed by atoms with Gasteiger partial charge in [0.25, 0.3) is 0 Å². The average molecular weight is 256 g/mol. The van der Waals surface area contributed by atoms with E-state index in [0.717, 1.165) is 30.3 Å². The topological polar surface area (TPSA) is 54.4 Å². The lowest BCUT2D eigenvalue weighted by atomic mass is 10.3. The van der Waals surface area contributed by atoms with Crippen LogP contribution in [0.2, 0.25) is 0 Å². The van der Waals surface area contributed by atoms with E-state index in [0.29, 0.717) is 0 Å². The third kappa shape index (κ3) is 6.02. The van der Waals surface area contributed by atoms with Gasteiger partial charge in [-0.25, -0.2) is 4.98 Å². The average Bonchev–Trinajstić information content (AvgIpc) is 2.36. The Kier molecular flexibility index (Phi) is 7.19. The number of aromatic nitrogens is 1. The van der Waals surface area contributed by atoms with Gasteiger partial charge in [-0.1, -0.05) is 13.0 Å². The summed E-state index contributed by atoms with van der Waals surface area (Å²) in [5, 5.41) is 13.3. The smallest absolute Gasteiger partial charge is 0.0963 e. The van der Waals surface area contributed by atoms with E-state index in [4.69, 9.17) is 9.84 Å². The van der Waals surface area contributed by atoms with E-state index in [9.17, 15) is 0 Å². The Morgan fingerprint density at radius 2 is 2.35 bits per heavy atom. The second-order valence-corrected chi connectivity index (χ2v) is 5.24. The molecule has 0 aliphatic carbocycles. The summed E-state index contributed by atoms with van der Waals surface area (Å²) >= 11 is 1.58. The van der Waals surface area contributed by atoms with Crippen LogP contribution in [0.1, 0.15) is 12.5 Å². The molecule has 96 valence electrons. The van der Waals surface area contributed by atoms with Gasteiger partial charge in [-0.15, -0.1) is 11.8 Å². The number of nitrogens with zero attached hydrogens (tertiary/aromatic N) is 1. The predicted molar refractivity (Wildman–Crippen MR) is 70.2 cm³/mol. The highest BCUT2D eigenvalue weighted by atomic mass is 32.2. The molecule has 0 spiro atoms. The fraction of sp³-hybridized carbons (Fsp3) is 0.583. The molecule has 4 nitrogen and oxygen atoms in total. The van der Waals surface area contributed by atoms with Gasteiger partial charge in [0.2, 0.25) is 0 Å². The summed E-state index contributed by atoms with van der Waals surface area (Å²) < 4.78 is 4.95. The fourth-order valence-corrected chi connectivity index (χ4v) is 1.98. The van der Waals surface area contributed by atoms with Crippen LogP contribution in [0.5, 0.6) is 0 Å². The Balaban J connectivity index is 2.34. The van der Waals surface area contributed by atoms with Crippen molar-refractivity contribution in [3.8, 4) is 0 Å². The lowest BCUT2D eigenvalue weighted by molar-refractivity contribution is 0.199. The number of aliphatic hydroxyl groups is 1. The van der Waals surface area contributed by atoms with Crippen molar-refractivity contribution in [1.82, 2.24) is 10.3 Å². The highest BCUT2D eigenvalue weighted by Gasteiger charge is 2.03. The number of methoxy groups -OCH3 is 1. The molecule has 2 N–H and O–H groups in total. The van der Waals surface area contributed by atoms with Gasteiger partial charge in [0, 0.05) is 31.6 Å². The molecule has 0 bridgehead atoms. The van der Waals surface area contributed by atoms with Crippen LogP contribution in [0, 0.1) is 0 Å². The molecule has 0 fully saturated rings. The van der Waals surface area contributed by atoms with Crippen LogP contribution in [0.3, 0.4) is 0 Å². The van der Waals surface area contributed by atoms with E-state index in [-0.39, 0.29) is 11.9 Å². The molecule has 0 aliphatic rings. The number of hydrogen-bond acceptors (Lipinski definition) is 5. The molecule has 1 rings (SSSR count). The Labute approximate surface area is 107 Å². The molecule has 0 saturated carbocycles. The lowest BCUT2D eigenvalue weighted by Gasteiger charge is -2.08. The molecule has 1 atom stereocenters. The molecule has 5 heteroatoms. The van der Waals surface area contributed by atoms with E-state index in [1.54, 1.807) is 18.9 Å². The summed E-state index contributed by atoms with van der Waals surface area (Å²) in [4.78, 5) is 4.35. The molecule has 1 aromatic heterocycles. The van der Waals surface area contributed by atoms with Gasteiger partial charge in [-0.05, 0) is 11.6 Å². The van der Waals surface area contributed by atoms with E-state index in [1.807, 2.05) is 19.2 Å². The first-order valence-corrected chi connectivity index (χ1v) is 6.56. The maximum Gasteiger partial charge on any atom is 0.0963 e. The molecule has 0 radical (unpaired) electrons. The van der Waals surface area contributed by atoms with Crippen LogP contribution >= 0.6 is 11.8 Å². The van der Waals surface area contributed by atoms with Crippen molar-refractivity contribution in [3.63, 3.8) is 0 Å². The van der Waals surface area contributed by atoms with Gasteiger partial charge < -0.3 is 15.2 Å². The van der Waals surface area contributed by atoms with Crippen molar-refractivity contribution < 1.29 is 9.84 Å². The summed E-state index contributed by atoms with van der Waals surface area (Å²) in [5.74, 6) is 0. The maximum atomic E-state index is 8.95. The lowest BCUT2D eigenvalue weighted by Crippen LogP contribution is -2.18. The minimum atomic E-state index is 0.173. The van der Waals surface area contributed by atoms with Crippen LogP contribution in [-0.4, -0.2) is 42.2 Å². The number of ether oxygens (including phenoxy) is 1. The van der Waals surface area contributed by atoms with Crippen LogP contribution in [-0.2, 0) is 11.3 Å². The van der Waals surface area contributed by atoms with E-state index < -0.39 is 0 Å². The number of rotatable bonds is 8. The van der Waals surface area contributed by atoms with Crippen LogP contribution in [0.25, 0.3) is 0 Å². The third-order valence-corrected chi connectivity index (χ3v) is 3.22. The van der Waals surface area contributed by atoms with Crippen LogP contribution in [0.4, 0.5) is 0 Å². The monoisotopic (exact) mass is 256 g/mol. The van der Waals surface area contributed by atoms with Crippen molar-refractivity contribution in [1.29, 1.82) is 0 Å². The summed E-state index contributed by atoms with van der Waals surface area (Å²) in [5.41, 5.74) is 1.15. The van der Waals surface area contributed by atoms with E-state index in [2.05, 4.69) is 16.4 Å². The fourth-order valence-electron chi connectivity index (χ4n) is 1.24. The van der Waals surface area contributed by atoms with Gasteiger partial charge in [0.05, 0.1) is 18.2 Å². The largest absolute Gasteiger partial charge is 0.395 e. The predicted octanol–water partition coefficient (Wildman–Crippen LogP) is 1.29. The van der Waals surface area contributed by atoms with Gasteiger partial charge in [0.1, 0.15) is 0 Å². The maximum absolute atomic E-state index is 8.95. The van der Waals surface area contributed by atoms with Crippen LogP contribution < -0.4 is 5.32 Å². The number of nitrogens with one attached hydrogen (secondary N) is 1. The summed E-state index contributed by atoms with van der Waals surface area (Å²) in [6.07, 6.45) is 1.87. The molecule has 17 heavy (non-hydrogen) atoms. The Bertz CT molecular complexity index is 306. The first-order valence-electron chi connectivity index (χ1n) is 5.68. The third-order valence-electron chi connectivity index (χ3n) is 2.19. The highest BCUT2D eigenvalue weighted by molar-refractivity contribution is 7.99.